The van der Waals surface area contributed by atoms with Gasteiger partial charge in [-0.05, 0) is 23.9 Å². The van der Waals surface area contributed by atoms with Crippen LogP contribution in [0.5, 0.6) is 0 Å². The zero-order valence-corrected chi connectivity index (χ0v) is 11.5. The van der Waals surface area contributed by atoms with Gasteiger partial charge in [-0.15, -0.1) is 0 Å². The van der Waals surface area contributed by atoms with Crippen molar-refractivity contribution in [1.82, 2.24) is 0 Å². The van der Waals surface area contributed by atoms with E-state index in [0.29, 0.717) is 0 Å². The molecule has 0 bridgehead atoms. The Kier molecular flexibility index (Phi) is 5.07. The fourth-order valence-corrected chi connectivity index (χ4v) is 2.64. The van der Waals surface area contributed by atoms with Gasteiger partial charge in [0, 0.05) is 11.4 Å². The molecular weight excluding hydrogens is 279 g/mol. The van der Waals surface area contributed by atoms with Gasteiger partial charge in [-0.25, -0.2) is 0 Å². The lowest BCUT2D eigenvalue weighted by Gasteiger charge is -2.23. The lowest BCUT2D eigenvalue weighted by molar-refractivity contribution is 0.132. The molecule has 0 spiro atoms. The van der Waals surface area contributed by atoms with Gasteiger partial charge in [-0.3, -0.25) is 0 Å². The first kappa shape index (κ1) is 13.1. The van der Waals surface area contributed by atoms with E-state index >= 15 is 0 Å². The van der Waals surface area contributed by atoms with E-state index in [1.807, 2.05) is 24.3 Å². The second-order valence-electron chi connectivity index (χ2n) is 4.63. The molecule has 1 aromatic rings. The zero-order chi connectivity index (χ0) is 12.1. The van der Waals surface area contributed by atoms with Gasteiger partial charge in [0.05, 0.1) is 0 Å². The molecule has 2 nitrogen and oxygen atoms in total. The molecule has 0 radical (unpaired) electrons. The largest absolute Gasteiger partial charge is 0.491 e. The van der Waals surface area contributed by atoms with Crippen LogP contribution in [0.2, 0.25) is 0 Å². The van der Waals surface area contributed by atoms with Crippen molar-refractivity contribution in [2.45, 2.75) is 43.5 Å². The van der Waals surface area contributed by atoms with E-state index in [0.717, 1.165) is 29.2 Å². The van der Waals surface area contributed by atoms with E-state index < -0.39 is 7.12 Å². The molecule has 1 fully saturated rings. The fourth-order valence-electron chi connectivity index (χ4n) is 2.29. The standard InChI is InChI=1S/C13H18BBrO2/c15-10-11-5-4-6-12(9-11)14(16)17-13-7-2-1-3-8-13/h4-6,9,13,16H,1-3,7-8,10H2. The van der Waals surface area contributed by atoms with Crippen molar-refractivity contribution in [1.29, 1.82) is 0 Å². The zero-order valence-electron chi connectivity index (χ0n) is 9.94. The predicted octanol–water partition coefficient (Wildman–Crippen LogP) is 2.62. The molecule has 2 rings (SSSR count). The molecule has 0 unspecified atom stereocenters. The van der Waals surface area contributed by atoms with Crippen LogP contribution in [0.1, 0.15) is 37.7 Å². The minimum Gasteiger partial charge on any atom is -0.423 e. The average Bonchev–Trinajstić information content (AvgIpc) is 2.40. The summed E-state index contributed by atoms with van der Waals surface area (Å²) < 4.78 is 5.72. The van der Waals surface area contributed by atoms with E-state index in [2.05, 4.69) is 15.9 Å². The van der Waals surface area contributed by atoms with E-state index in [9.17, 15) is 5.02 Å². The normalized spacial score (nSPS) is 17.1. The molecule has 1 N–H and O–H groups in total. The van der Waals surface area contributed by atoms with Gasteiger partial charge in [0.15, 0.2) is 0 Å². The van der Waals surface area contributed by atoms with E-state index in [1.165, 1.54) is 19.3 Å². The second-order valence-corrected chi connectivity index (χ2v) is 5.19. The lowest BCUT2D eigenvalue weighted by atomic mass is 9.78. The quantitative estimate of drug-likeness (QED) is 0.684. The summed E-state index contributed by atoms with van der Waals surface area (Å²) >= 11 is 3.42. The third kappa shape index (κ3) is 3.83. The molecule has 4 heteroatoms. The van der Waals surface area contributed by atoms with Gasteiger partial charge >= 0.3 is 7.12 Å². The summed E-state index contributed by atoms with van der Waals surface area (Å²) in [6, 6.07) is 7.90. The lowest BCUT2D eigenvalue weighted by Crippen LogP contribution is -2.38. The number of hydrogen-bond acceptors (Lipinski definition) is 2. The summed E-state index contributed by atoms with van der Waals surface area (Å²) in [5.41, 5.74) is 2.02. The van der Waals surface area contributed by atoms with Gasteiger partial charge < -0.3 is 9.68 Å². The van der Waals surface area contributed by atoms with Crippen molar-refractivity contribution in [3.8, 4) is 0 Å². The monoisotopic (exact) mass is 296 g/mol. The molecule has 0 aliphatic heterocycles. The SMILES string of the molecule is OB(OC1CCCCC1)c1cccc(CBr)c1. The molecular formula is C13H18BBrO2. The summed E-state index contributed by atoms with van der Waals surface area (Å²) in [5.74, 6) is 0. The van der Waals surface area contributed by atoms with Crippen molar-refractivity contribution < 1.29 is 9.68 Å². The maximum Gasteiger partial charge on any atom is 0.491 e. The Bertz CT molecular complexity index is 353. The average molecular weight is 297 g/mol. The highest BCUT2D eigenvalue weighted by Gasteiger charge is 2.23. The van der Waals surface area contributed by atoms with Gasteiger partial charge in [-0.1, -0.05) is 59.5 Å². The van der Waals surface area contributed by atoms with Gasteiger partial charge in [-0.2, -0.15) is 0 Å². The van der Waals surface area contributed by atoms with Crippen molar-refractivity contribution in [2.24, 2.45) is 0 Å². The first-order chi connectivity index (χ1) is 8.29. The first-order valence-electron chi connectivity index (χ1n) is 6.28. The molecule has 1 aliphatic carbocycles. The van der Waals surface area contributed by atoms with Crippen LogP contribution in [0, 0.1) is 0 Å². The fraction of sp³-hybridized carbons (Fsp3) is 0.538. The van der Waals surface area contributed by atoms with Gasteiger partial charge in [0.1, 0.15) is 0 Å². The van der Waals surface area contributed by atoms with Crippen LogP contribution >= 0.6 is 15.9 Å². The molecule has 0 saturated heterocycles. The van der Waals surface area contributed by atoms with Crippen molar-refractivity contribution >= 4 is 28.5 Å². The molecule has 92 valence electrons. The molecule has 1 aliphatic rings. The van der Waals surface area contributed by atoms with E-state index in [1.54, 1.807) is 0 Å². The van der Waals surface area contributed by atoms with Crippen LogP contribution in [0.25, 0.3) is 0 Å². The minimum atomic E-state index is -0.780. The Morgan fingerprint density at radius 2 is 2.06 bits per heavy atom. The van der Waals surface area contributed by atoms with Crippen molar-refractivity contribution in [3.63, 3.8) is 0 Å². The maximum absolute atomic E-state index is 10.1. The van der Waals surface area contributed by atoms with Gasteiger partial charge in [0.2, 0.25) is 0 Å². The smallest absolute Gasteiger partial charge is 0.423 e. The Morgan fingerprint density at radius 1 is 1.29 bits per heavy atom. The van der Waals surface area contributed by atoms with Crippen LogP contribution in [0.15, 0.2) is 24.3 Å². The predicted molar refractivity (Wildman–Crippen MR) is 74.6 cm³/mol. The highest BCUT2D eigenvalue weighted by Crippen LogP contribution is 2.20. The number of halogens is 1. The van der Waals surface area contributed by atoms with Crippen LogP contribution in [0.3, 0.4) is 0 Å². The Balaban J connectivity index is 1.95. The third-order valence-corrected chi connectivity index (χ3v) is 3.91. The number of hydrogen-bond donors (Lipinski definition) is 1. The van der Waals surface area contributed by atoms with Crippen molar-refractivity contribution in [3.05, 3.63) is 29.8 Å². The Labute approximate surface area is 112 Å². The summed E-state index contributed by atoms with van der Waals surface area (Å²) in [6.45, 7) is 0. The van der Waals surface area contributed by atoms with Gasteiger partial charge in [0.25, 0.3) is 0 Å². The summed E-state index contributed by atoms with van der Waals surface area (Å²) in [5, 5.41) is 10.9. The molecule has 1 aromatic carbocycles. The molecule has 0 atom stereocenters. The molecule has 17 heavy (non-hydrogen) atoms. The summed E-state index contributed by atoms with van der Waals surface area (Å²) in [7, 11) is -0.780. The Morgan fingerprint density at radius 3 is 2.76 bits per heavy atom. The number of rotatable bonds is 4. The summed E-state index contributed by atoms with van der Waals surface area (Å²) in [4.78, 5) is 0. The number of benzene rings is 1. The first-order valence-corrected chi connectivity index (χ1v) is 7.40. The maximum atomic E-state index is 10.1. The number of alkyl halides is 1. The van der Waals surface area contributed by atoms with Crippen molar-refractivity contribution in [2.75, 3.05) is 0 Å². The highest BCUT2D eigenvalue weighted by atomic mass is 79.9. The molecule has 1 saturated carbocycles. The molecule has 0 amide bonds. The van der Waals surface area contributed by atoms with Crippen LogP contribution in [0.4, 0.5) is 0 Å². The van der Waals surface area contributed by atoms with Crippen LogP contribution < -0.4 is 5.46 Å². The van der Waals surface area contributed by atoms with Crippen LogP contribution in [-0.2, 0) is 9.98 Å². The second kappa shape index (κ2) is 6.57. The van der Waals surface area contributed by atoms with E-state index in [4.69, 9.17) is 4.65 Å². The minimum absolute atomic E-state index is 0.228. The van der Waals surface area contributed by atoms with Crippen LogP contribution in [-0.4, -0.2) is 18.2 Å². The Hall–Kier alpha value is -0.315. The van der Waals surface area contributed by atoms with E-state index in [-0.39, 0.29) is 6.10 Å². The summed E-state index contributed by atoms with van der Waals surface area (Å²) in [6.07, 6.45) is 6.13. The molecule has 0 aromatic heterocycles. The third-order valence-electron chi connectivity index (χ3n) is 3.26. The highest BCUT2D eigenvalue weighted by molar-refractivity contribution is 9.08. The molecule has 0 heterocycles. The topological polar surface area (TPSA) is 29.5 Å².